The van der Waals surface area contributed by atoms with Crippen molar-refractivity contribution in [2.24, 2.45) is 0 Å². The molecule has 8 nitrogen and oxygen atoms in total. The number of sulfonamides is 1. The quantitative estimate of drug-likeness (QED) is 0.420. The summed E-state index contributed by atoms with van der Waals surface area (Å²) in [4.78, 5) is 20.4. The van der Waals surface area contributed by atoms with Crippen LogP contribution in [0.25, 0.3) is 10.2 Å². The van der Waals surface area contributed by atoms with E-state index in [0.29, 0.717) is 49.3 Å². The second-order valence-electron chi connectivity index (χ2n) is 9.07. The van der Waals surface area contributed by atoms with Crippen molar-refractivity contribution in [3.05, 3.63) is 48.0 Å². The van der Waals surface area contributed by atoms with Gasteiger partial charge in [0.15, 0.2) is 5.13 Å². The molecule has 2 fully saturated rings. The first-order valence-electron chi connectivity index (χ1n) is 12.5. The number of carbonyl (C=O) groups is 1. The molecule has 0 N–H and O–H groups in total. The number of amides is 1. The van der Waals surface area contributed by atoms with E-state index in [4.69, 9.17) is 14.5 Å². The Kier molecular flexibility index (Phi) is 7.57. The first-order valence-corrected chi connectivity index (χ1v) is 14.8. The van der Waals surface area contributed by atoms with Crippen molar-refractivity contribution >= 4 is 42.6 Å². The highest BCUT2D eigenvalue weighted by molar-refractivity contribution is 7.89. The van der Waals surface area contributed by atoms with Gasteiger partial charge in [0.1, 0.15) is 11.3 Å². The maximum atomic E-state index is 13.7. The molecule has 0 spiro atoms. The number of anilines is 1. The molecule has 1 unspecified atom stereocenters. The van der Waals surface area contributed by atoms with E-state index < -0.39 is 10.0 Å². The zero-order valence-electron chi connectivity index (χ0n) is 20.4. The van der Waals surface area contributed by atoms with Gasteiger partial charge in [0.25, 0.3) is 5.91 Å². The third-order valence-corrected chi connectivity index (χ3v) is 9.57. The molecule has 5 rings (SSSR count). The summed E-state index contributed by atoms with van der Waals surface area (Å²) in [6.45, 7) is 4.60. The van der Waals surface area contributed by atoms with E-state index in [1.807, 2.05) is 25.1 Å². The fourth-order valence-electron chi connectivity index (χ4n) is 4.72. The summed E-state index contributed by atoms with van der Waals surface area (Å²) >= 11 is 1.43. The molecule has 2 aliphatic heterocycles. The summed E-state index contributed by atoms with van der Waals surface area (Å²) in [5, 5.41) is 0.572. The Hall–Kier alpha value is -2.53. The molecule has 3 heterocycles. The number of nitrogens with zero attached hydrogens (tertiary/aromatic N) is 3. The van der Waals surface area contributed by atoms with Crippen LogP contribution < -0.4 is 9.64 Å². The smallest absolute Gasteiger partial charge is 0.260 e. The molecular formula is C26H31N3O5S2. The summed E-state index contributed by atoms with van der Waals surface area (Å²) in [5.74, 6) is 0.457. The molecule has 1 atom stereocenters. The molecule has 1 amide bonds. The molecule has 2 aliphatic rings. The lowest BCUT2D eigenvalue weighted by atomic mass is 10.2. The van der Waals surface area contributed by atoms with Gasteiger partial charge in [0.05, 0.1) is 28.9 Å². The molecule has 0 aliphatic carbocycles. The topological polar surface area (TPSA) is 89.0 Å². The first kappa shape index (κ1) is 25.1. The largest absolute Gasteiger partial charge is 0.492 e. The fraction of sp³-hybridized carbons (Fsp3) is 0.462. The second-order valence-corrected chi connectivity index (χ2v) is 12.0. The van der Waals surface area contributed by atoms with Gasteiger partial charge in [-0.1, -0.05) is 23.8 Å². The van der Waals surface area contributed by atoms with Gasteiger partial charge in [-0.05, 0) is 69.0 Å². The van der Waals surface area contributed by atoms with E-state index in [-0.39, 0.29) is 16.9 Å². The standard InChI is InChI=1S/C26H31N3O5S2/c1-2-33-22-9-6-10-23-24(22)27-26(35-23)29(18-20-8-7-17-34-20)25(30)19-11-13-21(14-12-19)36(31,32)28-15-4-3-5-16-28/h6,9-14,20H,2-5,7-8,15-18H2,1H3. The maximum Gasteiger partial charge on any atom is 0.260 e. The summed E-state index contributed by atoms with van der Waals surface area (Å²) in [6.07, 6.45) is 4.59. The summed E-state index contributed by atoms with van der Waals surface area (Å²) in [5.41, 5.74) is 1.14. The number of aromatic nitrogens is 1. The molecule has 0 saturated carbocycles. The first-order chi connectivity index (χ1) is 17.5. The molecule has 10 heteroatoms. The Morgan fingerprint density at radius 2 is 1.92 bits per heavy atom. The van der Waals surface area contributed by atoms with Gasteiger partial charge in [-0.3, -0.25) is 9.69 Å². The van der Waals surface area contributed by atoms with Crippen molar-refractivity contribution < 1.29 is 22.7 Å². The molecule has 2 saturated heterocycles. The van der Waals surface area contributed by atoms with Crippen molar-refractivity contribution in [2.45, 2.75) is 50.0 Å². The number of hydrogen-bond acceptors (Lipinski definition) is 7. The minimum absolute atomic E-state index is 0.0638. The predicted octanol–water partition coefficient (Wildman–Crippen LogP) is 4.70. The third-order valence-electron chi connectivity index (χ3n) is 6.61. The van der Waals surface area contributed by atoms with Crippen molar-refractivity contribution in [3.63, 3.8) is 0 Å². The summed E-state index contributed by atoms with van der Waals surface area (Å²) in [7, 11) is -3.56. The van der Waals surface area contributed by atoms with Crippen LogP contribution in [0, 0.1) is 0 Å². The Balaban J connectivity index is 1.44. The van der Waals surface area contributed by atoms with E-state index in [0.717, 1.165) is 42.3 Å². The number of rotatable bonds is 8. The van der Waals surface area contributed by atoms with Crippen molar-refractivity contribution in [1.29, 1.82) is 0 Å². The van der Waals surface area contributed by atoms with Gasteiger partial charge in [-0.25, -0.2) is 13.4 Å². The van der Waals surface area contributed by atoms with E-state index in [1.54, 1.807) is 17.0 Å². The highest BCUT2D eigenvalue weighted by atomic mass is 32.2. The Bertz CT molecular complexity index is 1310. The van der Waals surface area contributed by atoms with Crippen LogP contribution in [0.3, 0.4) is 0 Å². The van der Waals surface area contributed by atoms with Crippen LogP contribution in [0.15, 0.2) is 47.4 Å². The van der Waals surface area contributed by atoms with Gasteiger partial charge in [-0.15, -0.1) is 0 Å². The van der Waals surface area contributed by atoms with Gasteiger partial charge in [0.2, 0.25) is 10.0 Å². The second kappa shape index (κ2) is 10.8. The molecule has 3 aromatic rings. The molecule has 0 radical (unpaired) electrons. The molecule has 1 aromatic heterocycles. The molecule has 2 aromatic carbocycles. The van der Waals surface area contributed by atoms with Crippen LogP contribution >= 0.6 is 11.3 Å². The van der Waals surface area contributed by atoms with Gasteiger partial charge >= 0.3 is 0 Å². The fourth-order valence-corrected chi connectivity index (χ4v) is 7.23. The number of ether oxygens (including phenoxy) is 2. The third kappa shape index (κ3) is 5.13. The maximum absolute atomic E-state index is 13.7. The zero-order valence-corrected chi connectivity index (χ0v) is 22.0. The number of hydrogen-bond donors (Lipinski definition) is 0. The minimum atomic E-state index is -3.56. The summed E-state index contributed by atoms with van der Waals surface area (Å²) in [6, 6.07) is 12.0. The number of benzene rings is 2. The van der Waals surface area contributed by atoms with Gasteiger partial charge in [-0.2, -0.15) is 4.31 Å². The molecule has 192 valence electrons. The number of piperidine rings is 1. The zero-order chi connectivity index (χ0) is 25.1. The Morgan fingerprint density at radius 1 is 1.14 bits per heavy atom. The molecule has 0 bridgehead atoms. The van der Waals surface area contributed by atoms with Gasteiger partial charge < -0.3 is 9.47 Å². The number of thiazole rings is 1. The van der Waals surface area contributed by atoms with E-state index >= 15 is 0 Å². The minimum Gasteiger partial charge on any atom is -0.492 e. The van der Waals surface area contributed by atoms with Crippen LogP contribution in [-0.2, 0) is 14.8 Å². The van der Waals surface area contributed by atoms with Crippen molar-refractivity contribution in [3.8, 4) is 5.75 Å². The lowest BCUT2D eigenvalue weighted by Crippen LogP contribution is -2.37. The van der Waals surface area contributed by atoms with Crippen molar-refractivity contribution in [2.75, 3.05) is 37.7 Å². The van der Waals surface area contributed by atoms with Crippen LogP contribution in [0.2, 0.25) is 0 Å². The average molecular weight is 530 g/mol. The van der Waals surface area contributed by atoms with Gasteiger partial charge in [0, 0.05) is 25.3 Å². The highest BCUT2D eigenvalue weighted by Crippen LogP contribution is 2.35. The van der Waals surface area contributed by atoms with Crippen LogP contribution in [0.1, 0.15) is 49.4 Å². The number of fused-ring (bicyclic) bond motifs is 1. The normalized spacial score (nSPS) is 19.0. The highest BCUT2D eigenvalue weighted by Gasteiger charge is 2.29. The van der Waals surface area contributed by atoms with Crippen molar-refractivity contribution in [1.82, 2.24) is 9.29 Å². The number of carbonyl (C=O) groups excluding carboxylic acids is 1. The lowest BCUT2D eigenvalue weighted by Gasteiger charge is -2.26. The number of para-hydroxylation sites is 1. The molecular weight excluding hydrogens is 498 g/mol. The monoisotopic (exact) mass is 529 g/mol. The van der Waals surface area contributed by atoms with Crippen LogP contribution in [-0.4, -0.2) is 62.6 Å². The van der Waals surface area contributed by atoms with E-state index in [2.05, 4.69) is 0 Å². The average Bonchev–Trinajstić information content (AvgIpc) is 3.58. The van der Waals surface area contributed by atoms with Crippen LogP contribution in [0.5, 0.6) is 5.75 Å². The van der Waals surface area contributed by atoms with E-state index in [9.17, 15) is 13.2 Å². The SMILES string of the molecule is CCOc1cccc2sc(N(CC3CCCO3)C(=O)c3ccc(S(=O)(=O)N4CCCCC4)cc3)nc12. The lowest BCUT2D eigenvalue weighted by molar-refractivity contribution is 0.0917. The predicted molar refractivity (Wildman–Crippen MR) is 140 cm³/mol. The Labute approximate surface area is 215 Å². The van der Waals surface area contributed by atoms with E-state index in [1.165, 1.54) is 27.8 Å². The molecule has 36 heavy (non-hydrogen) atoms. The van der Waals surface area contributed by atoms with Crippen LogP contribution in [0.4, 0.5) is 5.13 Å². The Morgan fingerprint density at radius 3 is 2.61 bits per heavy atom. The summed E-state index contributed by atoms with van der Waals surface area (Å²) < 4.78 is 40.1.